The summed E-state index contributed by atoms with van der Waals surface area (Å²) in [5.74, 6) is 5.16. The van der Waals surface area contributed by atoms with Gasteiger partial charge in [0.05, 0.1) is 17.9 Å². The molecule has 27 heavy (non-hydrogen) atoms. The summed E-state index contributed by atoms with van der Waals surface area (Å²) in [6.07, 6.45) is 16.4. The van der Waals surface area contributed by atoms with Crippen LogP contribution in [0.15, 0.2) is 41.6 Å². The molecule has 1 N–H and O–H groups in total. The maximum atomic E-state index is 9.25. The number of allylic oxidation sites excluding steroid dienone is 3. The predicted octanol–water partition coefficient (Wildman–Crippen LogP) is 4.98. The molecule has 1 heterocycles. The molecule has 1 spiro atoms. The van der Waals surface area contributed by atoms with Crippen LogP contribution in [0.3, 0.4) is 0 Å². The molecule has 0 radical (unpaired) electrons. The Kier molecular flexibility index (Phi) is 3.30. The standard InChI is InChI=1S/C24H31NO2/c1-3-14-11-15-12-16(25-26)5-6-17(15)18-7-9-23(2)22(21(14)18)19-13-20(19)24(23)8-4-10-27-24/h3-4,8,12,14,17-22,26H,1,5-7,9-11,13H2,2H3/b25-16+/t14-,17-,18+,19+,20-,21+,22-,23-,24-/m0/s1. The van der Waals surface area contributed by atoms with Gasteiger partial charge in [-0.2, -0.15) is 0 Å². The van der Waals surface area contributed by atoms with Crippen molar-refractivity contribution in [2.24, 2.45) is 52.0 Å². The fourth-order valence-corrected chi connectivity index (χ4v) is 8.66. The van der Waals surface area contributed by atoms with E-state index >= 15 is 0 Å². The van der Waals surface area contributed by atoms with Gasteiger partial charge in [0.1, 0.15) is 0 Å². The normalized spacial score (nSPS) is 56.3. The Labute approximate surface area is 162 Å². The summed E-state index contributed by atoms with van der Waals surface area (Å²) in [5.41, 5.74) is 2.72. The van der Waals surface area contributed by atoms with Crippen molar-refractivity contribution in [2.45, 2.75) is 51.0 Å². The molecular formula is C24H31NO2. The van der Waals surface area contributed by atoms with E-state index in [0.717, 1.165) is 61.2 Å². The Balaban J connectivity index is 1.42. The Morgan fingerprint density at radius 3 is 2.96 bits per heavy atom. The molecule has 0 aromatic carbocycles. The van der Waals surface area contributed by atoms with Gasteiger partial charge >= 0.3 is 0 Å². The van der Waals surface area contributed by atoms with Gasteiger partial charge in [-0.25, -0.2) is 0 Å². The minimum atomic E-state index is 0.0262. The molecule has 0 aromatic rings. The van der Waals surface area contributed by atoms with Crippen molar-refractivity contribution >= 4 is 5.71 Å². The van der Waals surface area contributed by atoms with Crippen molar-refractivity contribution in [3.8, 4) is 0 Å². The van der Waals surface area contributed by atoms with E-state index in [-0.39, 0.29) is 5.60 Å². The van der Waals surface area contributed by atoms with Crippen LogP contribution in [-0.4, -0.2) is 23.1 Å². The molecule has 3 heteroatoms. The number of hydrogen-bond acceptors (Lipinski definition) is 3. The Morgan fingerprint density at radius 2 is 2.22 bits per heavy atom. The first kappa shape index (κ1) is 16.6. The number of fused-ring (bicyclic) bond motifs is 9. The fourth-order valence-electron chi connectivity index (χ4n) is 8.66. The second kappa shape index (κ2) is 5.37. The van der Waals surface area contributed by atoms with Crippen molar-refractivity contribution in [3.63, 3.8) is 0 Å². The molecule has 0 bridgehead atoms. The zero-order chi connectivity index (χ0) is 18.4. The third-order valence-corrected chi connectivity index (χ3v) is 9.62. The maximum Gasteiger partial charge on any atom is 0.0954 e. The average molecular weight is 366 g/mol. The SMILES string of the molecule is C=C[C@H]1CC2=C/C(=N/O)CC[C@@H]2[C@H]2CC[C@@]3(C)[C@@H]([C@@H]4C[C@@H]4[C@@]34C=CCO4)[C@@H]21. The van der Waals surface area contributed by atoms with E-state index in [2.05, 4.69) is 43.0 Å². The molecule has 0 unspecified atom stereocenters. The topological polar surface area (TPSA) is 41.8 Å². The monoisotopic (exact) mass is 365 g/mol. The summed E-state index contributed by atoms with van der Waals surface area (Å²) in [7, 11) is 0. The van der Waals surface area contributed by atoms with Crippen LogP contribution in [0.25, 0.3) is 0 Å². The first-order chi connectivity index (χ1) is 13.1. The summed E-state index contributed by atoms with van der Waals surface area (Å²) in [5, 5.41) is 12.8. The van der Waals surface area contributed by atoms with Crippen LogP contribution in [0.5, 0.6) is 0 Å². The Hall–Kier alpha value is -1.35. The third kappa shape index (κ3) is 1.90. The summed E-state index contributed by atoms with van der Waals surface area (Å²) in [6.45, 7) is 7.63. The number of rotatable bonds is 1. The molecule has 0 aromatic heterocycles. The van der Waals surface area contributed by atoms with Gasteiger partial charge in [0.2, 0.25) is 0 Å². The van der Waals surface area contributed by atoms with E-state index in [1.807, 2.05) is 0 Å². The molecule has 1 aliphatic heterocycles. The van der Waals surface area contributed by atoms with Crippen molar-refractivity contribution in [2.75, 3.05) is 6.61 Å². The van der Waals surface area contributed by atoms with Gasteiger partial charge in [0.25, 0.3) is 0 Å². The molecule has 5 aliphatic carbocycles. The molecule has 6 rings (SSSR count). The van der Waals surface area contributed by atoms with Crippen LogP contribution < -0.4 is 0 Å². The predicted molar refractivity (Wildman–Crippen MR) is 106 cm³/mol. The van der Waals surface area contributed by atoms with Crippen molar-refractivity contribution in [1.82, 2.24) is 0 Å². The zero-order valence-corrected chi connectivity index (χ0v) is 16.3. The van der Waals surface area contributed by atoms with E-state index in [1.165, 1.54) is 24.8 Å². The highest BCUT2D eigenvalue weighted by molar-refractivity contribution is 5.96. The third-order valence-electron chi connectivity index (χ3n) is 9.62. The van der Waals surface area contributed by atoms with E-state index in [4.69, 9.17) is 4.74 Å². The van der Waals surface area contributed by atoms with Crippen LogP contribution in [0.4, 0.5) is 0 Å². The maximum absolute atomic E-state index is 9.25. The Bertz CT molecular complexity index is 781. The summed E-state index contributed by atoms with van der Waals surface area (Å²) in [4.78, 5) is 0. The van der Waals surface area contributed by atoms with Crippen LogP contribution in [0, 0.1) is 46.8 Å². The van der Waals surface area contributed by atoms with Crippen molar-refractivity contribution in [1.29, 1.82) is 0 Å². The largest absolute Gasteiger partial charge is 0.411 e. The van der Waals surface area contributed by atoms with Gasteiger partial charge in [0.15, 0.2) is 0 Å². The quantitative estimate of drug-likeness (QED) is 0.404. The van der Waals surface area contributed by atoms with E-state index in [1.54, 1.807) is 0 Å². The van der Waals surface area contributed by atoms with Gasteiger partial charge in [-0.15, -0.1) is 6.58 Å². The lowest BCUT2D eigenvalue weighted by atomic mass is 9.47. The average Bonchev–Trinajstić information content (AvgIpc) is 3.26. The van der Waals surface area contributed by atoms with Crippen molar-refractivity contribution in [3.05, 3.63) is 36.5 Å². The summed E-state index contributed by atoms with van der Waals surface area (Å²) < 4.78 is 6.52. The molecule has 4 saturated carbocycles. The lowest BCUT2D eigenvalue weighted by Crippen LogP contribution is -2.56. The number of ether oxygens (including phenoxy) is 1. The highest BCUT2D eigenvalue weighted by Gasteiger charge is 2.76. The molecule has 3 nitrogen and oxygen atoms in total. The molecule has 0 saturated heterocycles. The molecule has 0 amide bonds. The molecule has 144 valence electrons. The van der Waals surface area contributed by atoms with Crippen LogP contribution in [0.2, 0.25) is 0 Å². The van der Waals surface area contributed by atoms with E-state index in [9.17, 15) is 5.21 Å². The second-order valence-electron chi connectivity index (χ2n) is 10.3. The van der Waals surface area contributed by atoms with Gasteiger partial charge in [-0.1, -0.05) is 35.9 Å². The van der Waals surface area contributed by atoms with Crippen LogP contribution in [0.1, 0.15) is 45.4 Å². The van der Waals surface area contributed by atoms with Crippen molar-refractivity contribution < 1.29 is 9.94 Å². The molecule has 6 aliphatic rings. The molecule has 9 atom stereocenters. The van der Waals surface area contributed by atoms with Gasteiger partial charge in [-0.3, -0.25) is 0 Å². The first-order valence-electron chi connectivity index (χ1n) is 11.0. The van der Waals surface area contributed by atoms with E-state index < -0.39 is 0 Å². The van der Waals surface area contributed by atoms with E-state index in [0.29, 0.717) is 17.3 Å². The Morgan fingerprint density at radius 1 is 1.33 bits per heavy atom. The van der Waals surface area contributed by atoms with Gasteiger partial charge in [-0.05, 0) is 86.0 Å². The fraction of sp³-hybridized carbons (Fsp3) is 0.708. The number of nitrogens with zero attached hydrogens (tertiary/aromatic N) is 1. The van der Waals surface area contributed by atoms with Crippen LogP contribution >= 0.6 is 0 Å². The molecular weight excluding hydrogens is 334 g/mol. The smallest absolute Gasteiger partial charge is 0.0954 e. The second-order valence-corrected chi connectivity index (χ2v) is 10.3. The zero-order valence-electron chi connectivity index (χ0n) is 16.3. The lowest BCUT2D eigenvalue weighted by Gasteiger charge is -2.59. The summed E-state index contributed by atoms with van der Waals surface area (Å²) >= 11 is 0. The van der Waals surface area contributed by atoms with Gasteiger partial charge < -0.3 is 9.94 Å². The number of hydrogen-bond donors (Lipinski definition) is 1. The number of oxime groups is 1. The minimum absolute atomic E-state index is 0.0262. The highest BCUT2D eigenvalue weighted by atomic mass is 16.5. The summed E-state index contributed by atoms with van der Waals surface area (Å²) in [6, 6.07) is 0. The lowest BCUT2D eigenvalue weighted by molar-refractivity contribution is -0.136. The van der Waals surface area contributed by atoms with Gasteiger partial charge in [0, 0.05) is 5.41 Å². The van der Waals surface area contributed by atoms with Crippen LogP contribution in [-0.2, 0) is 4.74 Å². The minimum Gasteiger partial charge on any atom is -0.411 e. The first-order valence-corrected chi connectivity index (χ1v) is 11.0. The molecule has 4 fully saturated rings. The highest BCUT2D eigenvalue weighted by Crippen LogP contribution is 2.78.